The average molecular weight is 349 g/mol. The molecule has 1 heterocycles. The number of carbonyl (C=O) groups excluding carboxylic acids is 2. The number of rotatable bonds is 6. The zero-order valence-corrected chi connectivity index (χ0v) is 14.2. The lowest BCUT2D eigenvalue weighted by atomic mass is 10.1. The first kappa shape index (κ1) is 18.6. The molecule has 0 atom stereocenters. The number of carbonyl (C=O) groups is 3. The minimum atomic E-state index is -0.955. The fourth-order valence-corrected chi connectivity index (χ4v) is 2.60. The zero-order chi connectivity index (χ0) is 18.2. The summed E-state index contributed by atoms with van der Waals surface area (Å²) in [7, 11) is 0. The van der Waals surface area contributed by atoms with E-state index in [4.69, 9.17) is 9.84 Å². The predicted octanol–water partition coefficient (Wildman–Crippen LogP) is 1.03. The van der Waals surface area contributed by atoms with E-state index in [9.17, 15) is 14.4 Å². The van der Waals surface area contributed by atoms with Crippen LogP contribution in [0.4, 0.5) is 4.79 Å². The Morgan fingerprint density at radius 3 is 2.40 bits per heavy atom. The Balaban J connectivity index is 1.88. The van der Waals surface area contributed by atoms with E-state index in [1.54, 1.807) is 28.0 Å². The van der Waals surface area contributed by atoms with Crippen molar-refractivity contribution in [1.82, 2.24) is 15.1 Å². The van der Waals surface area contributed by atoms with Crippen LogP contribution < -0.4 is 10.1 Å². The molecule has 1 fully saturated rings. The normalized spacial score (nSPS) is 14.1. The van der Waals surface area contributed by atoms with Crippen molar-refractivity contribution >= 4 is 17.9 Å². The molecule has 1 aliphatic heterocycles. The molecule has 0 radical (unpaired) electrons. The Bertz CT molecular complexity index is 626. The third kappa shape index (κ3) is 5.10. The Morgan fingerprint density at radius 1 is 1.12 bits per heavy atom. The Kier molecular flexibility index (Phi) is 6.62. The summed E-state index contributed by atoms with van der Waals surface area (Å²) in [6, 6.07) is 6.81. The van der Waals surface area contributed by atoms with Crippen LogP contribution in [-0.4, -0.2) is 72.1 Å². The monoisotopic (exact) mass is 349 g/mol. The van der Waals surface area contributed by atoms with Crippen LogP contribution in [0.5, 0.6) is 5.75 Å². The number of urea groups is 1. The molecular weight excluding hydrogens is 326 g/mol. The molecule has 2 N–H and O–H groups in total. The highest BCUT2D eigenvalue weighted by Crippen LogP contribution is 2.20. The van der Waals surface area contributed by atoms with Gasteiger partial charge in [0.1, 0.15) is 5.75 Å². The number of piperazine rings is 1. The van der Waals surface area contributed by atoms with Crippen molar-refractivity contribution < 1.29 is 24.2 Å². The molecule has 0 spiro atoms. The number of benzene rings is 1. The molecule has 1 aromatic rings. The average Bonchev–Trinajstić information content (AvgIpc) is 2.61. The summed E-state index contributed by atoms with van der Waals surface area (Å²) in [5, 5.41) is 11.2. The van der Waals surface area contributed by atoms with E-state index in [1.165, 1.54) is 0 Å². The van der Waals surface area contributed by atoms with Crippen molar-refractivity contribution in [2.45, 2.75) is 13.3 Å². The molecule has 0 bridgehead atoms. The van der Waals surface area contributed by atoms with Crippen molar-refractivity contribution in [3.05, 3.63) is 29.8 Å². The standard InChI is InChI=1S/C17H23N3O5/c1-2-25-14-6-4-3-5-13(14)16(23)19-9-11-20(12-10-19)17(24)18-8-7-15(21)22/h3-6H,2,7-12H2,1H3,(H,18,24)(H,21,22). The van der Waals surface area contributed by atoms with E-state index >= 15 is 0 Å². The van der Waals surface area contributed by atoms with Crippen molar-refractivity contribution in [1.29, 1.82) is 0 Å². The molecule has 3 amide bonds. The van der Waals surface area contributed by atoms with Crippen LogP contribution >= 0.6 is 0 Å². The first-order chi connectivity index (χ1) is 12.0. The number of aliphatic carboxylic acids is 1. The number of amides is 3. The fourth-order valence-electron chi connectivity index (χ4n) is 2.60. The van der Waals surface area contributed by atoms with Gasteiger partial charge in [-0.2, -0.15) is 0 Å². The van der Waals surface area contributed by atoms with Crippen LogP contribution in [0, 0.1) is 0 Å². The van der Waals surface area contributed by atoms with Gasteiger partial charge in [-0.25, -0.2) is 4.79 Å². The SMILES string of the molecule is CCOc1ccccc1C(=O)N1CCN(C(=O)NCCC(=O)O)CC1. The predicted molar refractivity (Wildman–Crippen MR) is 90.7 cm³/mol. The molecule has 0 saturated carbocycles. The molecule has 2 rings (SSSR count). The molecule has 25 heavy (non-hydrogen) atoms. The van der Waals surface area contributed by atoms with Gasteiger partial charge >= 0.3 is 12.0 Å². The highest BCUT2D eigenvalue weighted by molar-refractivity contribution is 5.97. The quantitative estimate of drug-likeness (QED) is 0.799. The number of para-hydroxylation sites is 1. The molecule has 8 nitrogen and oxygen atoms in total. The van der Waals surface area contributed by atoms with Gasteiger partial charge in [0.15, 0.2) is 0 Å². The summed E-state index contributed by atoms with van der Waals surface area (Å²) in [4.78, 5) is 38.4. The first-order valence-corrected chi connectivity index (χ1v) is 8.28. The summed E-state index contributed by atoms with van der Waals surface area (Å²) >= 11 is 0. The lowest BCUT2D eigenvalue weighted by Crippen LogP contribution is -2.53. The van der Waals surface area contributed by atoms with Crippen LogP contribution in [0.15, 0.2) is 24.3 Å². The number of nitrogens with zero attached hydrogens (tertiary/aromatic N) is 2. The zero-order valence-electron chi connectivity index (χ0n) is 14.2. The summed E-state index contributed by atoms with van der Waals surface area (Å²) in [5.41, 5.74) is 0.517. The lowest BCUT2D eigenvalue weighted by Gasteiger charge is -2.35. The number of carboxylic acid groups (broad SMARTS) is 1. The topological polar surface area (TPSA) is 99.2 Å². The fraction of sp³-hybridized carbons (Fsp3) is 0.471. The maximum atomic E-state index is 12.7. The maximum absolute atomic E-state index is 12.7. The minimum Gasteiger partial charge on any atom is -0.493 e. The van der Waals surface area contributed by atoms with Gasteiger partial charge in [0.2, 0.25) is 0 Å². The van der Waals surface area contributed by atoms with Gasteiger partial charge in [0, 0.05) is 32.7 Å². The number of ether oxygens (including phenoxy) is 1. The van der Waals surface area contributed by atoms with Crippen LogP contribution in [0.3, 0.4) is 0 Å². The first-order valence-electron chi connectivity index (χ1n) is 8.28. The lowest BCUT2D eigenvalue weighted by molar-refractivity contribution is -0.136. The van der Waals surface area contributed by atoms with Gasteiger partial charge in [0.25, 0.3) is 5.91 Å². The van der Waals surface area contributed by atoms with Gasteiger partial charge in [-0.1, -0.05) is 12.1 Å². The van der Waals surface area contributed by atoms with E-state index in [1.807, 2.05) is 13.0 Å². The Hall–Kier alpha value is -2.77. The van der Waals surface area contributed by atoms with Gasteiger partial charge in [-0.3, -0.25) is 9.59 Å². The second kappa shape index (κ2) is 8.91. The third-order valence-corrected chi connectivity index (χ3v) is 3.89. The molecule has 1 saturated heterocycles. The molecule has 136 valence electrons. The number of nitrogens with one attached hydrogen (secondary N) is 1. The highest BCUT2D eigenvalue weighted by Gasteiger charge is 2.26. The van der Waals surface area contributed by atoms with Gasteiger partial charge in [0.05, 0.1) is 18.6 Å². The van der Waals surface area contributed by atoms with Crippen LogP contribution in [-0.2, 0) is 4.79 Å². The third-order valence-electron chi connectivity index (χ3n) is 3.89. The summed E-state index contributed by atoms with van der Waals surface area (Å²) < 4.78 is 5.50. The molecule has 8 heteroatoms. The molecule has 0 unspecified atom stereocenters. The van der Waals surface area contributed by atoms with Crippen molar-refractivity contribution in [3.8, 4) is 5.75 Å². The van der Waals surface area contributed by atoms with Crippen molar-refractivity contribution in [2.24, 2.45) is 0 Å². The summed E-state index contributed by atoms with van der Waals surface area (Å²) in [6.45, 7) is 4.09. The Morgan fingerprint density at radius 2 is 1.76 bits per heavy atom. The largest absolute Gasteiger partial charge is 0.493 e. The van der Waals surface area contributed by atoms with E-state index < -0.39 is 5.97 Å². The van der Waals surface area contributed by atoms with Crippen LogP contribution in [0.1, 0.15) is 23.7 Å². The van der Waals surface area contributed by atoms with Gasteiger partial charge in [-0.05, 0) is 19.1 Å². The van der Waals surface area contributed by atoms with E-state index in [0.717, 1.165) is 0 Å². The number of carboxylic acids is 1. The summed E-state index contributed by atoms with van der Waals surface area (Å²) in [5.74, 6) is -0.512. The Labute approximate surface area is 146 Å². The molecule has 0 aromatic heterocycles. The molecule has 0 aliphatic carbocycles. The van der Waals surface area contributed by atoms with Crippen molar-refractivity contribution in [2.75, 3.05) is 39.3 Å². The second-order valence-electron chi connectivity index (χ2n) is 5.58. The smallest absolute Gasteiger partial charge is 0.317 e. The minimum absolute atomic E-state index is 0.0923. The van der Waals surface area contributed by atoms with E-state index in [-0.39, 0.29) is 24.9 Å². The highest BCUT2D eigenvalue weighted by atomic mass is 16.5. The second-order valence-corrected chi connectivity index (χ2v) is 5.58. The molecular formula is C17H23N3O5. The number of hydrogen-bond acceptors (Lipinski definition) is 4. The number of hydrogen-bond donors (Lipinski definition) is 2. The van der Waals surface area contributed by atoms with Crippen LogP contribution in [0.2, 0.25) is 0 Å². The van der Waals surface area contributed by atoms with Crippen LogP contribution in [0.25, 0.3) is 0 Å². The van der Waals surface area contributed by atoms with Gasteiger partial charge < -0.3 is 25.0 Å². The summed E-state index contributed by atoms with van der Waals surface area (Å²) in [6.07, 6.45) is -0.113. The van der Waals surface area contributed by atoms with E-state index in [0.29, 0.717) is 44.1 Å². The maximum Gasteiger partial charge on any atom is 0.317 e. The van der Waals surface area contributed by atoms with Crippen molar-refractivity contribution in [3.63, 3.8) is 0 Å². The molecule has 1 aliphatic rings. The molecule has 1 aromatic carbocycles. The van der Waals surface area contributed by atoms with Gasteiger partial charge in [-0.15, -0.1) is 0 Å². The van der Waals surface area contributed by atoms with E-state index in [2.05, 4.69) is 5.32 Å².